The molecular formula is C36H24BBrO2. The summed E-state index contributed by atoms with van der Waals surface area (Å²) in [7, 11) is -1.44. The molecule has 0 aromatic heterocycles. The predicted molar refractivity (Wildman–Crippen MR) is 175 cm³/mol. The van der Waals surface area contributed by atoms with Gasteiger partial charge < -0.3 is 10.0 Å². The molecule has 0 aliphatic rings. The highest BCUT2D eigenvalue weighted by Crippen LogP contribution is 2.36. The molecule has 8 rings (SSSR count). The molecule has 0 amide bonds. The van der Waals surface area contributed by atoms with E-state index >= 15 is 0 Å². The zero-order valence-electron chi connectivity index (χ0n) is 21.6. The van der Waals surface area contributed by atoms with Gasteiger partial charge in [-0.05, 0) is 82.2 Å². The van der Waals surface area contributed by atoms with Crippen LogP contribution in [0.3, 0.4) is 0 Å². The lowest BCUT2D eigenvalue weighted by Crippen LogP contribution is -2.29. The molecule has 0 saturated heterocycles. The Balaban J connectivity index is 0.000000133. The van der Waals surface area contributed by atoms with Gasteiger partial charge in [-0.3, -0.25) is 0 Å². The van der Waals surface area contributed by atoms with E-state index in [1.807, 2.05) is 36.4 Å². The average Bonchev–Trinajstić information content (AvgIpc) is 3.01. The molecule has 0 saturated carbocycles. The van der Waals surface area contributed by atoms with E-state index < -0.39 is 7.12 Å². The highest BCUT2D eigenvalue weighted by atomic mass is 79.9. The molecule has 0 fully saturated rings. The largest absolute Gasteiger partial charge is 0.488 e. The molecule has 190 valence electrons. The average molecular weight is 579 g/mol. The SMILES string of the molecule is Brc1ccc2c3ccccc3c3ccccc3c2c1.OB(O)c1ccc2c3ccccc3c3ccccc3c2c1. The summed E-state index contributed by atoms with van der Waals surface area (Å²) in [4.78, 5) is 0. The first kappa shape index (κ1) is 24.8. The lowest BCUT2D eigenvalue weighted by molar-refractivity contribution is 0.426. The van der Waals surface area contributed by atoms with E-state index in [0.29, 0.717) is 5.46 Å². The van der Waals surface area contributed by atoms with Gasteiger partial charge >= 0.3 is 7.12 Å². The maximum Gasteiger partial charge on any atom is 0.488 e. The molecule has 8 aromatic carbocycles. The fraction of sp³-hybridized carbons (Fsp3) is 0. The van der Waals surface area contributed by atoms with E-state index in [1.54, 1.807) is 6.07 Å². The minimum absolute atomic E-state index is 0.517. The molecule has 8 aromatic rings. The zero-order chi connectivity index (χ0) is 27.2. The predicted octanol–water partition coefficient (Wildman–Crippen LogP) is 8.73. The summed E-state index contributed by atoms with van der Waals surface area (Å²) in [6.07, 6.45) is 0. The van der Waals surface area contributed by atoms with Crippen LogP contribution in [0.25, 0.3) is 64.6 Å². The molecule has 2 N–H and O–H groups in total. The minimum atomic E-state index is -1.44. The Labute approximate surface area is 240 Å². The number of benzene rings is 8. The highest BCUT2D eigenvalue weighted by Gasteiger charge is 2.14. The summed E-state index contributed by atoms with van der Waals surface area (Å²) in [5.74, 6) is 0. The van der Waals surface area contributed by atoms with Crippen LogP contribution in [-0.2, 0) is 0 Å². The molecule has 4 heteroatoms. The van der Waals surface area contributed by atoms with Gasteiger partial charge in [0.2, 0.25) is 0 Å². The molecule has 0 aliphatic carbocycles. The molecule has 0 unspecified atom stereocenters. The van der Waals surface area contributed by atoms with Gasteiger partial charge in [0.1, 0.15) is 0 Å². The summed E-state index contributed by atoms with van der Waals surface area (Å²) in [6, 6.07) is 46.0. The summed E-state index contributed by atoms with van der Waals surface area (Å²) < 4.78 is 1.13. The quantitative estimate of drug-likeness (QED) is 0.151. The Hall–Kier alpha value is -4.22. The second kappa shape index (κ2) is 10.1. The smallest absolute Gasteiger partial charge is 0.423 e. The van der Waals surface area contributed by atoms with Crippen molar-refractivity contribution in [3.63, 3.8) is 0 Å². The van der Waals surface area contributed by atoms with Crippen LogP contribution in [-0.4, -0.2) is 17.2 Å². The van der Waals surface area contributed by atoms with Crippen molar-refractivity contribution in [1.29, 1.82) is 0 Å². The zero-order valence-corrected chi connectivity index (χ0v) is 23.1. The van der Waals surface area contributed by atoms with Crippen molar-refractivity contribution in [2.24, 2.45) is 0 Å². The van der Waals surface area contributed by atoms with Crippen molar-refractivity contribution in [3.8, 4) is 0 Å². The van der Waals surface area contributed by atoms with Gasteiger partial charge in [0.25, 0.3) is 0 Å². The van der Waals surface area contributed by atoms with Crippen LogP contribution < -0.4 is 5.46 Å². The Morgan fingerprint density at radius 3 is 1.02 bits per heavy atom. The first-order valence-corrected chi connectivity index (χ1v) is 14.1. The molecule has 0 bridgehead atoms. The van der Waals surface area contributed by atoms with Crippen molar-refractivity contribution in [2.45, 2.75) is 0 Å². The summed E-state index contributed by atoms with van der Waals surface area (Å²) in [5, 5.41) is 33.7. The fourth-order valence-electron chi connectivity index (χ4n) is 5.97. The molecule has 0 atom stereocenters. The van der Waals surface area contributed by atoms with Crippen LogP contribution in [0.4, 0.5) is 0 Å². The Morgan fingerprint density at radius 2 is 0.650 bits per heavy atom. The molecule has 0 heterocycles. The van der Waals surface area contributed by atoms with Gasteiger partial charge in [-0.1, -0.05) is 137 Å². The fourth-order valence-corrected chi connectivity index (χ4v) is 6.33. The third kappa shape index (κ3) is 4.13. The topological polar surface area (TPSA) is 40.5 Å². The normalized spacial score (nSPS) is 11.4. The number of rotatable bonds is 1. The van der Waals surface area contributed by atoms with Crippen molar-refractivity contribution >= 4 is 93.1 Å². The van der Waals surface area contributed by atoms with Gasteiger partial charge in [-0.25, -0.2) is 0 Å². The standard InChI is InChI=1S/C18H13BO2.C18H11Br/c20-19(21)12-9-10-17-15-7-2-1-5-13(15)14-6-3-4-8-16(14)18(17)11-12;19-12-9-10-17-15-7-2-1-5-13(15)14-6-3-4-8-16(14)18(17)11-12/h1-11,20-21H;1-11H. The number of hydrogen-bond donors (Lipinski definition) is 2. The van der Waals surface area contributed by atoms with Crippen LogP contribution in [0.2, 0.25) is 0 Å². The van der Waals surface area contributed by atoms with E-state index in [1.165, 1.54) is 48.5 Å². The third-order valence-corrected chi connectivity index (χ3v) is 8.27. The number of fused-ring (bicyclic) bond motifs is 12. The van der Waals surface area contributed by atoms with Crippen LogP contribution in [0, 0.1) is 0 Å². The van der Waals surface area contributed by atoms with Crippen LogP contribution in [0.5, 0.6) is 0 Å². The number of halogens is 1. The first-order chi connectivity index (χ1) is 19.6. The van der Waals surface area contributed by atoms with Gasteiger partial charge in [0, 0.05) is 4.47 Å². The van der Waals surface area contributed by atoms with Crippen molar-refractivity contribution < 1.29 is 10.0 Å². The van der Waals surface area contributed by atoms with Gasteiger partial charge in [-0.2, -0.15) is 0 Å². The van der Waals surface area contributed by atoms with Crippen molar-refractivity contribution in [3.05, 3.63) is 138 Å². The maximum atomic E-state index is 9.42. The van der Waals surface area contributed by atoms with Gasteiger partial charge in [-0.15, -0.1) is 0 Å². The van der Waals surface area contributed by atoms with Crippen LogP contribution in [0.15, 0.2) is 138 Å². The highest BCUT2D eigenvalue weighted by molar-refractivity contribution is 9.10. The van der Waals surface area contributed by atoms with E-state index in [0.717, 1.165) is 20.6 Å². The van der Waals surface area contributed by atoms with Gasteiger partial charge in [0.05, 0.1) is 0 Å². The van der Waals surface area contributed by atoms with Crippen molar-refractivity contribution in [1.82, 2.24) is 0 Å². The number of hydrogen-bond acceptors (Lipinski definition) is 2. The molecule has 0 aliphatic heterocycles. The van der Waals surface area contributed by atoms with E-state index in [9.17, 15) is 10.0 Å². The van der Waals surface area contributed by atoms with Crippen LogP contribution >= 0.6 is 15.9 Å². The monoisotopic (exact) mass is 578 g/mol. The molecule has 2 nitrogen and oxygen atoms in total. The summed E-state index contributed by atoms with van der Waals surface area (Å²) in [6.45, 7) is 0. The Morgan fingerprint density at radius 1 is 0.350 bits per heavy atom. The second-order valence-corrected chi connectivity index (χ2v) is 11.0. The first-order valence-electron chi connectivity index (χ1n) is 13.3. The Bertz CT molecular complexity index is 2150. The lowest BCUT2D eigenvalue weighted by Gasteiger charge is -2.11. The second-order valence-electron chi connectivity index (χ2n) is 10.1. The molecule has 0 radical (unpaired) electrons. The molecule has 0 spiro atoms. The summed E-state index contributed by atoms with van der Waals surface area (Å²) >= 11 is 3.58. The van der Waals surface area contributed by atoms with E-state index in [-0.39, 0.29) is 0 Å². The van der Waals surface area contributed by atoms with E-state index in [2.05, 4.69) is 107 Å². The van der Waals surface area contributed by atoms with Crippen LogP contribution in [0.1, 0.15) is 0 Å². The Kier molecular flexibility index (Phi) is 6.24. The third-order valence-electron chi connectivity index (χ3n) is 7.77. The van der Waals surface area contributed by atoms with E-state index in [4.69, 9.17) is 0 Å². The lowest BCUT2D eigenvalue weighted by atomic mass is 9.78. The maximum absolute atomic E-state index is 9.42. The molecular weight excluding hydrogens is 555 g/mol. The minimum Gasteiger partial charge on any atom is -0.423 e. The molecule has 40 heavy (non-hydrogen) atoms. The summed E-state index contributed by atoms with van der Waals surface area (Å²) in [5.41, 5.74) is 0.517. The van der Waals surface area contributed by atoms with Crippen molar-refractivity contribution in [2.75, 3.05) is 0 Å². The van der Waals surface area contributed by atoms with Gasteiger partial charge in [0.15, 0.2) is 0 Å².